The molecule has 5 heteroatoms. The summed E-state index contributed by atoms with van der Waals surface area (Å²) in [7, 11) is 0. The number of anilines is 1. The van der Waals surface area contributed by atoms with Crippen LogP contribution in [0.5, 0.6) is 10.9 Å². The summed E-state index contributed by atoms with van der Waals surface area (Å²) >= 11 is 1.30. The van der Waals surface area contributed by atoms with Gasteiger partial charge in [0.2, 0.25) is 0 Å². The Morgan fingerprint density at radius 3 is 2.92 bits per heavy atom. The Labute approximate surface area is 79.0 Å². The van der Waals surface area contributed by atoms with Gasteiger partial charge in [0, 0.05) is 6.20 Å². The fraction of sp³-hybridized carbons (Fsp3) is 0. The summed E-state index contributed by atoms with van der Waals surface area (Å²) in [4.78, 5) is 7.86. The molecule has 0 radical (unpaired) electrons. The number of hydrogen-bond donors (Lipinski definition) is 1. The van der Waals surface area contributed by atoms with Gasteiger partial charge in [-0.2, -0.15) is 0 Å². The van der Waals surface area contributed by atoms with Gasteiger partial charge in [0.05, 0.1) is 12.4 Å². The first-order valence-electron chi connectivity index (χ1n) is 3.64. The summed E-state index contributed by atoms with van der Waals surface area (Å²) in [6.45, 7) is 0. The smallest absolute Gasteiger partial charge is 0.280 e. The van der Waals surface area contributed by atoms with E-state index in [9.17, 15) is 0 Å². The van der Waals surface area contributed by atoms with E-state index in [1.54, 1.807) is 24.7 Å². The molecule has 0 bridgehead atoms. The summed E-state index contributed by atoms with van der Waals surface area (Å²) < 4.78 is 5.36. The van der Waals surface area contributed by atoms with E-state index in [2.05, 4.69) is 9.97 Å². The molecule has 0 aliphatic rings. The predicted molar refractivity (Wildman–Crippen MR) is 50.8 cm³/mol. The van der Waals surface area contributed by atoms with Crippen molar-refractivity contribution in [3.63, 3.8) is 0 Å². The molecule has 2 rings (SSSR count). The highest BCUT2D eigenvalue weighted by Gasteiger charge is 2.00. The minimum absolute atomic E-state index is 0.533. The van der Waals surface area contributed by atoms with Crippen molar-refractivity contribution in [2.24, 2.45) is 0 Å². The molecular weight excluding hydrogens is 186 g/mol. The largest absolute Gasteiger partial charge is 0.429 e. The number of aromatic nitrogens is 2. The van der Waals surface area contributed by atoms with Crippen LogP contribution in [0.2, 0.25) is 0 Å². The third kappa shape index (κ3) is 1.94. The summed E-state index contributed by atoms with van der Waals surface area (Å²) in [6, 6.07) is 3.61. The number of nitrogen functional groups attached to an aromatic ring is 1. The van der Waals surface area contributed by atoms with Crippen molar-refractivity contribution >= 4 is 16.3 Å². The van der Waals surface area contributed by atoms with Gasteiger partial charge in [-0.25, -0.2) is 4.98 Å². The standard InChI is InChI=1S/C8H7N3OS/c9-7-5-11-8(13-7)12-6-2-1-3-10-4-6/h1-5H,9H2. The molecule has 0 spiro atoms. The van der Waals surface area contributed by atoms with Crippen LogP contribution in [0.1, 0.15) is 0 Å². The first kappa shape index (κ1) is 8.00. The SMILES string of the molecule is Nc1cnc(Oc2cccnc2)s1. The van der Waals surface area contributed by atoms with Crippen molar-refractivity contribution in [2.45, 2.75) is 0 Å². The average Bonchev–Trinajstić information content (AvgIpc) is 2.53. The van der Waals surface area contributed by atoms with Crippen LogP contribution in [-0.4, -0.2) is 9.97 Å². The zero-order chi connectivity index (χ0) is 9.10. The lowest BCUT2D eigenvalue weighted by Gasteiger charge is -1.98. The van der Waals surface area contributed by atoms with E-state index in [-0.39, 0.29) is 0 Å². The van der Waals surface area contributed by atoms with Gasteiger partial charge < -0.3 is 10.5 Å². The van der Waals surface area contributed by atoms with Gasteiger partial charge in [-0.05, 0) is 12.1 Å². The fourth-order valence-electron chi connectivity index (χ4n) is 0.825. The molecule has 66 valence electrons. The minimum Gasteiger partial charge on any atom is -0.429 e. The Morgan fingerprint density at radius 2 is 2.31 bits per heavy atom. The number of nitrogens with two attached hydrogens (primary N) is 1. The van der Waals surface area contributed by atoms with Crippen LogP contribution in [0.4, 0.5) is 5.00 Å². The van der Waals surface area contributed by atoms with Crippen molar-refractivity contribution < 1.29 is 4.74 Å². The molecule has 2 N–H and O–H groups in total. The normalized spacial score (nSPS) is 9.85. The molecular formula is C8H7N3OS. The lowest BCUT2D eigenvalue weighted by molar-refractivity contribution is 0.476. The molecule has 2 aromatic heterocycles. The van der Waals surface area contributed by atoms with E-state index in [1.165, 1.54) is 11.3 Å². The number of thiazole rings is 1. The molecule has 2 aromatic rings. The maximum absolute atomic E-state index is 5.49. The number of nitrogens with zero attached hydrogens (tertiary/aromatic N) is 2. The minimum atomic E-state index is 0.533. The molecule has 0 aliphatic carbocycles. The monoisotopic (exact) mass is 193 g/mol. The predicted octanol–water partition coefficient (Wildman–Crippen LogP) is 1.91. The Bertz CT molecular complexity index is 387. The molecule has 0 saturated carbocycles. The fourth-order valence-corrected chi connectivity index (χ4v) is 1.38. The molecule has 0 fully saturated rings. The van der Waals surface area contributed by atoms with Crippen molar-refractivity contribution in [1.29, 1.82) is 0 Å². The van der Waals surface area contributed by atoms with E-state index in [4.69, 9.17) is 10.5 Å². The Kier molecular flexibility index (Phi) is 2.09. The highest BCUT2D eigenvalue weighted by atomic mass is 32.1. The summed E-state index contributed by atoms with van der Waals surface area (Å²) in [6.07, 6.45) is 4.87. The molecule has 2 heterocycles. The highest BCUT2D eigenvalue weighted by molar-refractivity contribution is 7.17. The van der Waals surface area contributed by atoms with E-state index >= 15 is 0 Å². The number of rotatable bonds is 2. The van der Waals surface area contributed by atoms with Crippen molar-refractivity contribution in [3.05, 3.63) is 30.7 Å². The number of ether oxygens (including phenoxy) is 1. The maximum Gasteiger partial charge on any atom is 0.280 e. The zero-order valence-corrected chi connectivity index (χ0v) is 7.49. The molecule has 4 nitrogen and oxygen atoms in total. The van der Waals surface area contributed by atoms with Crippen LogP contribution < -0.4 is 10.5 Å². The van der Waals surface area contributed by atoms with E-state index < -0.39 is 0 Å². The van der Waals surface area contributed by atoms with Gasteiger partial charge in [0.15, 0.2) is 0 Å². The van der Waals surface area contributed by atoms with Crippen molar-refractivity contribution in [2.75, 3.05) is 5.73 Å². The lowest BCUT2D eigenvalue weighted by Crippen LogP contribution is -1.82. The van der Waals surface area contributed by atoms with Crippen LogP contribution in [-0.2, 0) is 0 Å². The Balaban J connectivity index is 2.15. The molecule has 0 aliphatic heterocycles. The van der Waals surface area contributed by atoms with Crippen molar-refractivity contribution in [3.8, 4) is 10.9 Å². The number of pyridine rings is 1. The Morgan fingerprint density at radius 1 is 1.38 bits per heavy atom. The van der Waals surface area contributed by atoms with Crippen LogP contribution in [0.15, 0.2) is 30.7 Å². The van der Waals surface area contributed by atoms with Gasteiger partial charge >= 0.3 is 0 Å². The molecule has 0 amide bonds. The molecule has 0 saturated heterocycles. The quantitative estimate of drug-likeness (QED) is 0.791. The van der Waals surface area contributed by atoms with Crippen LogP contribution in [0.3, 0.4) is 0 Å². The van der Waals surface area contributed by atoms with Crippen LogP contribution in [0.25, 0.3) is 0 Å². The van der Waals surface area contributed by atoms with Gasteiger partial charge in [-0.1, -0.05) is 11.3 Å². The molecule has 0 atom stereocenters. The molecule has 13 heavy (non-hydrogen) atoms. The van der Waals surface area contributed by atoms with Crippen LogP contribution in [0, 0.1) is 0 Å². The Hall–Kier alpha value is -1.62. The van der Waals surface area contributed by atoms with Gasteiger partial charge in [-0.3, -0.25) is 4.98 Å². The third-order valence-electron chi connectivity index (χ3n) is 1.34. The molecule has 0 aromatic carbocycles. The average molecular weight is 193 g/mol. The van der Waals surface area contributed by atoms with E-state index in [0.29, 0.717) is 15.9 Å². The van der Waals surface area contributed by atoms with Gasteiger partial charge in [-0.15, -0.1) is 0 Å². The second kappa shape index (κ2) is 3.40. The topological polar surface area (TPSA) is 61.0 Å². The van der Waals surface area contributed by atoms with Crippen molar-refractivity contribution in [1.82, 2.24) is 9.97 Å². The highest BCUT2D eigenvalue weighted by Crippen LogP contribution is 2.26. The summed E-state index contributed by atoms with van der Waals surface area (Å²) in [5.74, 6) is 0.664. The number of hydrogen-bond acceptors (Lipinski definition) is 5. The first-order valence-corrected chi connectivity index (χ1v) is 4.45. The second-order valence-corrected chi connectivity index (χ2v) is 3.34. The first-order chi connectivity index (χ1) is 6.34. The third-order valence-corrected chi connectivity index (χ3v) is 2.05. The van der Waals surface area contributed by atoms with E-state index in [0.717, 1.165) is 0 Å². The summed E-state index contributed by atoms with van der Waals surface area (Å²) in [5.41, 5.74) is 5.49. The van der Waals surface area contributed by atoms with Gasteiger partial charge in [0.25, 0.3) is 5.19 Å². The van der Waals surface area contributed by atoms with Gasteiger partial charge in [0.1, 0.15) is 10.8 Å². The van der Waals surface area contributed by atoms with E-state index in [1.807, 2.05) is 6.07 Å². The van der Waals surface area contributed by atoms with Crippen LogP contribution >= 0.6 is 11.3 Å². The molecule has 0 unspecified atom stereocenters. The summed E-state index contributed by atoms with van der Waals surface area (Å²) in [5, 5.41) is 1.17. The lowest BCUT2D eigenvalue weighted by atomic mass is 10.5. The zero-order valence-electron chi connectivity index (χ0n) is 6.68. The second-order valence-electron chi connectivity index (χ2n) is 2.32. The maximum atomic E-state index is 5.49.